The molecule has 3 heterocycles. The molecule has 9 heteroatoms. The predicted molar refractivity (Wildman–Crippen MR) is 140 cm³/mol. The van der Waals surface area contributed by atoms with Crippen LogP contribution >= 0.6 is 0 Å². The number of hydrogen-bond acceptors (Lipinski definition) is 6. The van der Waals surface area contributed by atoms with Crippen LogP contribution in [0.1, 0.15) is 70.2 Å². The molecule has 1 unspecified atom stereocenters. The van der Waals surface area contributed by atoms with Crippen molar-refractivity contribution in [2.75, 3.05) is 18.4 Å². The van der Waals surface area contributed by atoms with Gasteiger partial charge in [0.15, 0.2) is 5.65 Å². The normalized spacial score (nSPS) is 16.1. The number of carbonyl (C=O) groups excluding carboxylic acids is 2. The minimum Gasteiger partial charge on any atom is -0.444 e. The molecule has 0 aliphatic carbocycles. The second-order valence-corrected chi connectivity index (χ2v) is 10.1. The zero-order valence-corrected chi connectivity index (χ0v) is 21.6. The maximum atomic E-state index is 13.4. The largest absolute Gasteiger partial charge is 0.444 e. The third kappa shape index (κ3) is 6.13. The van der Waals surface area contributed by atoms with Gasteiger partial charge in [-0.25, -0.2) is 14.3 Å². The molecular weight excluding hydrogens is 456 g/mol. The van der Waals surface area contributed by atoms with E-state index in [0.29, 0.717) is 18.5 Å². The lowest BCUT2D eigenvalue weighted by molar-refractivity contribution is 0.0340. The number of alkyl carbamates (subject to hydrolysis) is 1. The van der Waals surface area contributed by atoms with E-state index in [1.54, 1.807) is 11.1 Å². The van der Waals surface area contributed by atoms with Crippen LogP contribution in [0.4, 0.5) is 10.6 Å². The maximum Gasteiger partial charge on any atom is 0.409 e. The number of aromatic nitrogens is 3. The Labute approximate surface area is 212 Å². The number of imidazole rings is 1. The minimum atomic E-state index is -0.595. The van der Waals surface area contributed by atoms with Gasteiger partial charge in [-0.1, -0.05) is 25.5 Å². The second-order valence-electron chi connectivity index (χ2n) is 10.1. The fourth-order valence-corrected chi connectivity index (χ4v) is 4.28. The van der Waals surface area contributed by atoms with Gasteiger partial charge in [0, 0.05) is 24.2 Å². The third-order valence-corrected chi connectivity index (χ3v) is 6.07. The monoisotopic (exact) mass is 492 g/mol. The lowest BCUT2D eigenvalue weighted by atomic mass is 10.0. The van der Waals surface area contributed by atoms with Gasteiger partial charge in [0.1, 0.15) is 17.6 Å². The number of nitrogens with one attached hydrogen (secondary N) is 2. The molecule has 1 atom stereocenters. The van der Waals surface area contributed by atoms with Gasteiger partial charge in [-0.3, -0.25) is 4.79 Å². The number of ether oxygens (including phenoxy) is 1. The van der Waals surface area contributed by atoms with Crippen molar-refractivity contribution in [3.63, 3.8) is 0 Å². The lowest BCUT2D eigenvalue weighted by Gasteiger charge is -2.36. The Hall–Kier alpha value is -3.62. The molecule has 0 saturated carbocycles. The van der Waals surface area contributed by atoms with E-state index in [9.17, 15) is 9.59 Å². The van der Waals surface area contributed by atoms with Crippen LogP contribution in [-0.2, 0) is 4.74 Å². The average molecular weight is 493 g/mol. The highest BCUT2D eigenvalue weighted by molar-refractivity contribution is 5.95. The zero-order valence-electron chi connectivity index (χ0n) is 21.6. The summed E-state index contributed by atoms with van der Waals surface area (Å²) in [5, 5.41) is 10.9. The van der Waals surface area contributed by atoms with Gasteiger partial charge in [-0.15, -0.1) is 5.10 Å². The summed E-state index contributed by atoms with van der Waals surface area (Å²) < 4.78 is 7.21. The first-order chi connectivity index (χ1) is 17.2. The molecule has 3 aromatic rings. The third-order valence-electron chi connectivity index (χ3n) is 6.07. The molecule has 1 aromatic carbocycles. The molecule has 0 radical (unpaired) electrons. The molecule has 0 bridgehead atoms. The van der Waals surface area contributed by atoms with E-state index in [0.717, 1.165) is 55.0 Å². The number of fused-ring (bicyclic) bond motifs is 1. The summed E-state index contributed by atoms with van der Waals surface area (Å²) in [5.41, 5.74) is 2.50. The zero-order chi connectivity index (χ0) is 25.7. The van der Waals surface area contributed by atoms with Gasteiger partial charge in [-0.2, -0.15) is 0 Å². The van der Waals surface area contributed by atoms with Crippen LogP contribution in [0.15, 0.2) is 42.6 Å². The summed E-state index contributed by atoms with van der Waals surface area (Å²) in [6.45, 7) is 9.08. The highest BCUT2D eigenvalue weighted by atomic mass is 16.6. The summed E-state index contributed by atoms with van der Waals surface area (Å²) in [6.07, 6.45) is 5.64. The highest BCUT2D eigenvalue weighted by Gasteiger charge is 2.30. The lowest BCUT2D eigenvalue weighted by Crippen LogP contribution is -2.53. The molecular formula is C27H36N6O3. The molecule has 2 N–H and O–H groups in total. The number of rotatable bonds is 7. The molecule has 0 spiro atoms. The van der Waals surface area contributed by atoms with E-state index in [1.807, 2.05) is 61.7 Å². The number of benzene rings is 1. The van der Waals surface area contributed by atoms with Gasteiger partial charge in [0.25, 0.3) is 5.91 Å². The van der Waals surface area contributed by atoms with E-state index in [-0.39, 0.29) is 12.1 Å². The van der Waals surface area contributed by atoms with Crippen LogP contribution in [0, 0.1) is 0 Å². The maximum absolute atomic E-state index is 13.4. The first kappa shape index (κ1) is 25.5. The Balaban J connectivity index is 1.49. The van der Waals surface area contributed by atoms with Crippen molar-refractivity contribution in [2.24, 2.45) is 0 Å². The topological polar surface area (TPSA) is 101 Å². The quantitative estimate of drug-likeness (QED) is 0.446. The number of piperidine rings is 1. The van der Waals surface area contributed by atoms with Crippen LogP contribution in [0.3, 0.4) is 0 Å². The molecule has 1 fully saturated rings. The van der Waals surface area contributed by atoms with Crippen molar-refractivity contribution >= 4 is 23.5 Å². The Bertz CT molecular complexity index is 1200. The Kier molecular flexibility index (Phi) is 7.76. The van der Waals surface area contributed by atoms with Crippen molar-refractivity contribution in [1.29, 1.82) is 0 Å². The number of unbranched alkanes of at least 4 members (excludes halogenated alkanes) is 1. The molecule has 1 aliphatic heterocycles. The fourth-order valence-electron chi connectivity index (χ4n) is 4.28. The number of anilines is 1. The Morgan fingerprint density at radius 1 is 1.11 bits per heavy atom. The van der Waals surface area contributed by atoms with Crippen LogP contribution < -0.4 is 10.6 Å². The molecule has 1 aliphatic rings. The number of amides is 2. The Morgan fingerprint density at radius 2 is 1.89 bits per heavy atom. The number of carbonyl (C=O) groups is 2. The van der Waals surface area contributed by atoms with Gasteiger partial charge in [0.2, 0.25) is 0 Å². The van der Waals surface area contributed by atoms with E-state index in [1.165, 1.54) is 0 Å². The summed E-state index contributed by atoms with van der Waals surface area (Å²) in [5.74, 6) is 0.691. The highest BCUT2D eigenvalue weighted by Crippen LogP contribution is 2.24. The number of hydrogen-bond donors (Lipinski definition) is 2. The smallest absolute Gasteiger partial charge is 0.409 e. The summed E-state index contributed by atoms with van der Waals surface area (Å²) in [6, 6.07) is 11.3. The second kappa shape index (κ2) is 11.0. The SMILES string of the molecule is CCCCNc1ccc2ncc(-c3ccc(C(=O)N4CCCCC4NC(=O)OC(C)(C)C)cc3)n2n1. The van der Waals surface area contributed by atoms with E-state index >= 15 is 0 Å². The van der Waals surface area contributed by atoms with Crippen LogP contribution in [0.25, 0.3) is 16.9 Å². The number of likely N-dealkylation sites (tertiary alicyclic amines) is 1. The molecule has 36 heavy (non-hydrogen) atoms. The fraction of sp³-hybridized carbons (Fsp3) is 0.481. The van der Waals surface area contributed by atoms with Crippen molar-refractivity contribution in [3.05, 3.63) is 48.2 Å². The standard InChI is InChI=1S/C27H36N6O3/c1-5-6-16-28-22-14-15-23-29-18-21(33(23)31-22)19-10-12-20(13-11-19)25(34)32-17-8-7-9-24(32)30-26(35)36-27(2,3)4/h10-15,18,24H,5-9,16-17H2,1-4H3,(H,28,31)(H,30,35). The van der Waals surface area contributed by atoms with Gasteiger partial charge in [0.05, 0.1) is 11.9 Å². The molecule has 2 amide bonds. The van der Waals surface area contributed by atoms with Crippen molar-refractivity contribution in [1.82, 2.24) is 24.8 Å². The number of nitrogens with zero attached hydrogens (tertiary/aromatic N) is 4. The van der Waals surface area contributed by atoms with Gasteiger partial charge < -0.3 is 20.3 Å². The van der Waals surface area contributed by atoms with Crippen LogP contribution in [0.5, 0.6) is 0 Å². The molecule has 1 saturated heterocycles. The summed E-state index contributed by atoms with van der Waals surface area (Å²) >= 11 is 0. The van der Waals surface area contributed by atoms with E-state index in [2.05, 4.69) is 22.5 Å². The van der Waals surface area contributed by atoms with Crippen molar-refractivity contribution < 1.29 is 14.3 Å². The van der Waals surface area contributed by atoms with Crippen molar-refractivity contribution in [2.45, 2.75) is 71.6 Å². The first-order valence-corrected chi connectivity index (χ1v) is 12.7. The molecule has 192 valence electrons. The molecule has 2 aromatic heterocycles. The van der Waals surface area contributed by atoms with Crippen LogP contribution in [-0.4, -0.2) is 56.4 Å². The van der Waals surface area contributed by atoms with Crippen molar-refractivity contribution in [3.8, 4) is 11.3 Å². The first-order valence-electron chi connectivity index (χ1n) is 12.7. The van der Waals surface area contributed by atoms with Crippen LogP contribution in [0.2, 0.25) is 0 Å². The van der Waals surface area contributed by atoms with E-state index in [4.69, 9.17) is 9.84 Å². The minimum absolute atomic E-state index is 0.110. The summed E-state index contributed by atoms with van der Waals surface area (Å²) in [7, 11) is 0. The van der Waals surface area contributed by atoms with Gasteiger partial charge >= 0.3 is 6.09 Å². The molecule has 9 nitrogen and oxygen atoms in total. The van der Waals surface area contributed by atoms with E-state index < -0.39 is 11.7 Å². The average Bonchev–Trinajstić information content (AvgIpc) is 3.26. The summed E-state index contributed by atoms with van der Waals surface area (Å²) in [4.78, 5) is 31.9. The predicted octanol–water partition coefficient (Wildman–Crippen LogP) is 5.09. The Morgan fingerprint density at radius 3 is 2.61 bits per heavy atom. The molecule has 4 rings (SSSR count). The van der Waals surface area contributed by atoms with Gasteiger partial charge in [-0.05, 0) is 70.7 Å².